The third kappa shape index (κ3) is 5.02. The predicted molar refractivity (Wildman–Crippen MR) is 101 cm³/mol. The van der Waals surface area contributed by atoms with Crippen molar-refractivity contribution in [2.75, 3.05) is 11.9 Å². The van der Waals surface area contributed by atoms with Crippen LogP contribution in [0.15, 0.2) is 48.5 Å². The second-order valence-electron chi connectivity index (χ2n) is 5.16. The quantitative estimate of drug-likeness (QED) is 0.691. The molecule has 0 fully saturated rings. The number of carbonyl (C=O) groups excluding carboxylic acids is 2. The van der Waals surface area contributed by atoms with Crippen molar-refractivity contribution in [1.29, 1.82) is 0 Å². The number of amides is 2. The van der Waals surface area contributed by atoms with E-state index in [1.54, 1.807) is 48.5 Å². The molecule has 7 heteroatoms. The fourth-order valence-electron chi connectivity index (χ4n) is 2.12. The van der Waals surface area contributed by atoms with Gasteiger partial charge in [0.1, 0.15) is 5.75 Å². The van der Waals surface area contributed by atoms with Gasteiger partial charge in [-0.1, -0.05) is 31.2 Å². The lowest BCUT2D eigenvalue weighted by Crippen LogP contribution is -2.35. The van der Waals surface area contributed by atoms with Gasteiger partial charge in [-0.2, -0.15) is 0 Å². The number of benzene rings is 2. The molecule has 2 rings (SSSR count). The number of thiocarbonyl (C=S) groups is 1. The Labute approximate surface area is 151 Å². The van der Waals surface area contributed by atoms with Gasteiger partial charge in [-0.05, 0) is 42.9 Å². The molecule has 2 amide bonds. The summed E-state index contributed by atoms with van der Waals surface area (Å²) in [4.78, 5) is 23.9. The van der Waals surface area contributed by atoms with Crippen molar-refractivity contribution in [2.45, 2.75) is 13.3 Å². The van der Waals surface area contributed by atoms with Crippen LogP contribution in [0.3, 0.4) is 0 Å². The molecule has 0 saturated heterocycles. The van der Waals surface area contributed by atoms with Crippen LogP contribution in [0.5, 0.6) is 5.75 Å². The lowest BCUT2D eigenvalue weighted by molar-refractivity contribution is 0.0971. The highest BCUT2D eigenvalue weighted by molar-refractivity contribution is 7.80. The van der Waals surface area contributed by atoms with Gasteiger partial charge >= 0.3 is 0 Å². The Hall–Kier alpha value is -2.93. The van der Waals surface area contributed by atoms with Crippen LogP contribution in [0.25, 0.3) is 0 Å². The fraction of sp³-hybridized carbons (Fsp3) is 0.167. The maximum absolute atomic E-state index is 12.4. The highest BCUT2D eigenvalue weighted by atomic mass is 32.1. The molecular formula is C18H19N3O3S. The number of hydrogen-bond donors (Lipinski definition) is 3. The number of anilines is 1. The van der Waals surface area contributed by atoms with Crippen LogP contribution in [-0.4, -0.2) is 23.5 Å². The standard InChI is InChI=1S/C18H19N3O3S/c1-2-11-24-15-10-6-4-8-13(15)17(23)21-18(25)20-14-9-5-3-7-12(14)16(19)22/h3-10H,2,11H2,1H3,(H2,19,22)(H2,20,21,23,25). The molecule has 4 N–H and O–H groups in total. The summed E-state index contributed by atoms with van der Waals surface area (Å²) in [6.45, 7) is 2.50. The van der Waals surface area contributed by atoms with Gasteiger partial charge in [0.25, 0.3) is 11.8 Å². The van der Waals surface area contributed by atoms with E-state index in [1.807, 2.05) is 6.92 Å². The lowest BCUT2D eigenvalue weighted by Gasteiger charge is -2.14. The average molecular weight is 357 g/mol. The van der Waals surface area contributed by atoms with Gasteiger partial charge in [-0.3, -0.25) is 14.9 Å². The van der Waals surface area contributed by atoms with Gasteiger partial charge < -0.3 is 15.8 Å². The van der Waals surface area contributed by atoms with Crippen LogP contribution in [-0.2, 0) is 0 Å². The molecule has 0 unspecified atom stereocenters. The number of para-hydroxylation sites is 2. The topological polar surface area (TPSA) is 93.4 Å². The van der Waals surface area contributed by atoms with Crippen LogP contribution >= 0.6 is 12.2 Å². The molecular weight excluding hydrogens is 338 g/mol. The molecule has 0 radical (unpaired) electrons. The third-order valence-corrected chi connectivity index (χ3v) is 3.47. The highest BCUT2D eigenvalue weighted by Gasteiger charge is 2.14. The van der Waals surface area contributed by atoms with Crippen LogP contribution in [0.2, 0.25) is 0 Å². The molecule has 0 saturated carbocycles. The molecule has 6 nitrogen and oxygen atoms in total. The van der Waals surface area contributed by atoms with Crippen LogP contribution in [0.1, 0.15) is 34.1 Å². The van der Waals surface area contributed by atoms with Gasteiger partial charge in [-0.25, -0.2) is 0 Å². The number of rotatable bonds is 6. The Morgan fingerprint density at radius 1 is 1.08 bits per heavy atom. The van der Waals surface area contributed by atoms with Crippen molar-refractivity contribution in [3.05, 3.63) is 59.7 Å². The number of nitrogens with one attached hydrogen (secondary N) is 2. The van der Waals surface area contributed by atoms with E-state index in [4.69, 9.17) is 22.7 Å². The molecule has 0 spiro atoms. The molecule has 0 heterocycles. The monoisotopic (exact) mass is 357 g/mol. The fourth-order valence-corrected chi connectivity index (χ4v) is 2.33. The van der Waals surface area contributed by atoms with Gasteiger partial charge in [0.05, 0.1) is 23.4 Å². The number of nitrogens with two attached hydrogens (primary N) is 1. The lowest BCUT2D eigenvalue weighted by atomic mass is 10.1. The molecule has 0 aromatic heterocycles. The Morgan fingerprint density at radius 3 is 2.40 bits per heavy atom. The molecule has 25 heavy (non-hydrogen) atoms. The zero-order valence-corrected chi connectivity index (χ0v) is 14.6. The summed E-state index contributed by atoms with van der Waals surface area (Å²) in [5.74, 6) is -0.501. The van der Waals surface area contributed by atoms with E-state index in [9.17, 15) is 9.59 Å². The van der Waals surface area contributed by atoms with Crippen molar-refractivity contribution in [2.24, 2.45) is 5.73 Å². The first-order valence-corrected chi connectivity index (χ1v) is 8.16. The first kappa shape index (κ1) is 18.4. The summed E-state index contributed by atoms with van der Waals surface area (Å²) < 4.78 is 5.57. The van der Waals surface area contributed by atoms with Gasteiger partial charge in [0.15, 0.2) is 5.11 Å². The summed E-state index contributed by atoms with van der Waals surface area (Å²) in [6.07, 6.45) is 0.833. The van der Waals surface area contributed by atoms with E-state index in [0.717, 1.165) is 6.42 Å². The average Bonchev–Trinajstić information content (AvgIpc) is 2.60. The predicted octanol–water partition coefficient (Wildman–Crippen LogP) is 2.70. The van der Waals surface area contributed by atoms with Crippen molar-refractivity contribution >= 4 is 34.8 Å². The van der Waals surface area contributed by atoms with E-state index in [1.165, 1.54) is 0 Å². The number of ether oxygens (including phenoxy) is 1. The van der Waals surface area contributed by atoms with Crippen molar-refractivity contribution in [3.63, 3.8) is 0 Å². The van der Waals surface area contributed by atoms with Gasteiger partial charge in [-0.15, -0.1) is 0 Å². The molecule has 0 aliphatic carbocycles. The minimum absolute atomic E-state index is 0.0593. The minimum atomic E-state index is -0.587. The molecule has 0 atom stereocenters. The third-order valence-electron chi connectivity index (χ3n) is 3.26. The van der Waals surface area contributed by atoms with Crippen LogP contribution in [0, 0.1) is 0 Å². The van der Waals surface area contributed by atoms with Gasteiger partial charge in [0.2, 0.25) is 0 Å². The Morgan fingerprint density at radius 2 is 1.72 bits per heavy atom. The molecule has 0 bridgehead atoms. The Kier molecular flexibility index (Phi) is 6.47. The summed E-state index contributed by atoms with van der Waals surface area (Å²) in [7, 11) is 0. The van der Waals surface area contributed by atoms with Crippen LogP contribution < -0.4 is 21.1 Å². The van der Waals surface area contributed by atoms with E-state index >= 15 is 0 Å². The second-order valence-corrected chi connectivity index (χ2v) is 5.57. The van der Waals surface area contributed by atoms with E-state index in [2.05, 4.69) is 10.6 Å². The normalized spacial score (nSPS) is 9.96. The summed E-state index contributed by atoms with van der Waals surface area (Å²) >= 11 is 5.15. The van der Waals surface area contributed by atoms with Gasteiger partial charge in [0, 0.05) is 0 Å². The Bertz CT molecular complexity index is 793. The second kappa shape index (κ2) is 8.79. The molecule has 2 aromatic rings. The molecule has 130 valence electrons. The maximum Gasteiger partial charge on any atom is 0.261 e. The first-order valence-electron chi connectivity index (χ1n) is 7.76. The largest absolute Gasteiger partial charge is 0.493 e. The number of hydrogen-bond acceptors (Lipinski definition) is 4. The van der Waals surface area contributed by atoms with Crippen molar-refractivity contribution < 1.29 is 14.3 Å². The smallest absolute Gasteiger partial charge is 0.261 e. The molecule has 0 aliphatic rings. The summed E-state index contributed by atoms with van der Waals surface area (Å²) in [5, 5.41) is 5.45. The maximum atomic E-state index is 12.4. The van der Waals surface area contributed by atoms with E-state index in [0.29, 0.717) is 23.6 Å². The first-order chi connectivity index (χ1) is 12.0. The van der Waals surface area contributed by atoms with Crippen molar-refractivity contribution in [3.8, 4) is 5.75 Å². The minimum Gasteiger partial charge on any atom is -0.493 e. The van der Waals surface area contributed by atoms with Crippen LogP contribution in [0.4, 0.5) is 5.69 Å². The molecule has 2 aromatic carbocycles. The summed E-state index contributed by atoms with van der Waals surface area (Å²) in [6, 6.07) is 13.6. The zero-order valence-electron chi connectivity index (χ0n) is 13.7. The number of primary amides is 1. The van der Waals surface area contributed by atoms with E-state index in [-0.39, 0.29) is 10.7 Å². The number of carbonyl (C=O) groups is 2. The summed E-state index contributed by atoms with van der Waals surface area (Å²) in [5.41, 5.74) is 6.41. The molecule has 0 aliphatic heterocycles. The highest BCUT2D eigenvalue weighted by Crippen LogP contribution is 2.18. The van der Waals surface area contributed by atoms with Crippen molar-refractivity contribution in [1.82, 2.24) is 5.32 Å². The SMILES string of the molecule is CCCOc1ccccc1C(=O)NC(=S)Nc1ccccc1C(N)=O. The van der Waals surface area contributed by atoms with E-state index < -0.39 is 11.8 Å². The Balaban J connectivity index is 2.09. The zero-order chi connectivity index (χ0) is 18.2.